The molecule has 1 aromatic carbocycles. The van der Waals surface area contributed by atoms with Crippen LogP contribution in [0, 0.1) is 10.1 Å². The summed E-state index contributed by atoms with van der Waals surface area (Å²) in [5.74, 6) is -1.06. The number of esters is 1. The van der Waals surface area contributed by atoms with Crippen LogP contribution in [-0.2, 0) is 9.53 Å². The second-order valence-electron chi connectivity index (χ2n) is 3.51. The summed E-state index contributed by atoms with van der Waals surface area (Å²) < 4.78 is 4.85. The number of para-hydroxylation sites is 1. The van der Waals surface area contributed by atoms with Crippen LogP contribution < -0.4 is 5.73 Å². The molecule has 0 spiro atoms. The maximum absolute atomic E-state index is 11.5. The number of benzene rings is 1. The van der Waals surface area contributed by atoms with Crippen molar-refractivity contribution < 1.29 is 14.5 Å². The predicted octanol–water partition coefficient (Wildman–Crippen LogP) is 1.84. The zero-order valence-electron chi connectivity index (χ0n) is 9.67. The van der Waals surface area contributed by atoms with E-state index in [1.54, 1.807) is 19.9 Å². The maximum Gasteiger partial charge on any atom is 0.313 e. The lowest BCUT2D eigenvalue weighted by atomic mass is 9.98. The van der Waals surface area contributed by atoms with Crippen LogP contribution in [0.2, 0.25) is 0 Å². The van der Waals surface area contributed by atoms with E-state index in [1.165, 1.54) is 12.1 Å². The Balaban J connectivity index is 3.10. The highest BCUT2D eigenvalue weighted by Crippen LogP contribution is 2.30. The first-order valence-electron chi connectivity index (χ1n) is 5.18. The summed E-state index contributed by atoms with van der Waals surface area (Å²) in [4.78, 5) is 21.7. The third-order valence-corrected chi connectivity index (χ3v) is 2.42. The number of nitro benzene ring substituents is 1. The normalized spacial score (nSPS) is 11.9. The summed E-state index contributed by atoms with van der Waals surface area (Å²) in [6.45, 7) is 3.56. The number of nitrogens with zero attached hydrogens (tertiary/aromatic N) is 1. The van der Waals surface area contributed by atoms with Crippen LogP contribution in [0.3, 0.4) is 0 Å². The first-order valence-corrected chi connectivity index (χ1v) is 5.18. The van der Waals surface area contributed by atoms with Gasteiger partial charge < -0.3 is 10.5 Å². The minimum Gasteiger partial charge on any atom is -0.466 e. The van der Waals surface area contributed by atoms with E-state index < -0.39 is 16.8 Å². The molecule has 1 aromatic rings. The lowest BCUT2D eigenvalue weighted by Crippen LogP contribution is -2.15. The Hall–Kier alpha value is -2.11. The summed E-state index contributed by atoms with van der Waals surface area (Å²) in [6.07, 6.45) is 0. The molecule has 17 heavy (non-hydrogen) atoms. The Bertz CT molecular complexity index is 445. The van der Waals surface area contributed by atoms with E-state index in [-0.39, 0.29) is 18.0 Å². The molecule has 1 atom stereocenters. The number of ether oxygens (including phenoxy) is 1. The molecule has 0 radical (unpaired) electrons. The highest BCUT2D eigenvalue weighted by Gasteiger charge is 2.23. The molecule has 0 bridgehead atoms. The molecule has 0 aliphatic carbocycles. The molecule has 0 aliphatic heterocycles. The number of anilines is 1. The number of carbonyl (C=O) groups excluding carboxylic acids is 1. The van der Waals surface area contributed by atoms with Crippen molar-refractivity contribution in [1.29, 1.82) is 0 Å². The largest absolute Gasteiger partial charge is 0.466 e. The third kappa shape index (κ3) is 2.72. The standard InChI is InChI=1S/C11H14N2O4/c1-3-17-11(14)7(2)8-5-4-6-9(10(8)12)13(15)16/h4-7H,3,12H2,1-2H3. The van der Waals surface area contributed by atoms with Gasteiger partial charge in [0.15, 0.2) is 0 Å². The molecule has 6 heteroatoms. The van der Waals surface area contributed by atoms with Crippen LogP contribution in [-0.4, -0.2) is 17.5 Å². The molecule has 0 heterocycles. The monoisotopic (exact) mass is 238 g/mol. The molecular weight excluding hydrogens is 224 g/mol. The van der Waals surface area contributed by atoms with E-state index in [9.17, 15) is 14.9 Å². The molecular formula is C11H14N2O4. The summed E-state index contributed by atoms with van der Waals surface area (Å²) in [6, 6.07) is 4.39. The fourth-order valence-corrected chi connectivity index (χ4v) is 1.50. The van der Waals surface area contributed by atoms with Gasteiger partial charge in [0.25, 0.3) is 5.69 Å². The molecule has 0 amide bonds. The molecule has 1 unspecified atom stereocenters. The summed E-state index contributed by atoms with van der Waals surface area (Å²) in [5.41, 5.74) is 5.90. The van der Waals surface area contributed by atoms with Gasteiger partial charge in [0.1, 0.15) is 5.69 Å². The highest BCUT2D eigenvalue weighted by molar-refractivity contribution is 5.81. The van der Waals surface area contributed by atoms with Crippen LogP contribution in [0.15, 0.2) is 18.2 Å². The van der Waals surface area contributed by atoms with Crippen molar-refractivity contribution in [1.82, 2.24) is 0 Å². The average molecular weight is 238 g/mol. The molecule has 0 aliphatic rings. The van der Waals surface area contributed by atoms with Crippen LogP contribution in [0.1, 0.15) is 25.3 Å². The quantitative estimate of drug-likeness (QED) is 0.373. The van der Waals surface area contributed by atoms with Gasteiger partial charge in [-0.3, -0.25) is 14.9 Å². The number of rotatable bonds is 4. The van der Waals surface area contributed by atoms with Gasteiger partial charge in [0.05, 0.1) is 17.4 Å². The van der Waals surface area contributed by atoms with Crippen molar-refractivity contribution in [2.75, 3.05) is 12.3 Å². The van der Waals surface area contributed by atoms with Gasteiger partial charge in [-0.05, 0) is 19.4 Å². The number of hydrogen-bond acceptors (Lipinski definition) is 5. The number of nitrogen functional groups attached to an aromatic ring is 1. The maximum atomic E-state index is 11.5. The average Bonchev–Trinajstić information content (AvgIpc) is 2.28. The number of hydrogen-bond donors (Lipinski definition) is 1. The third-order valence-electron chi connectivity index (χ3n) is 2.42. The smallest absolute Gasteiger partial charge is 0.313 e. The van der Waals surface area contributed by atoms with Gasteiger partial charge in [-0.1, -0.05) is 12.1 Å². The molecule has 1 rings (SSSR count). The van der Waals surface area contributed by atoms with Crippen molar-refractivity contribution in [3.63, 3.8) is 0 Å². The second kappa shape index (κ2) is 5.29. The van der Waals surface area contributed by atoms with Crippen LogP contribution in [0.4, 0.5) is 11.4 Å². The fraction of sp³-hybridized carbons (Fsp3) is 0.364. The van der Waals surface area contributed by atoms with E-state index >= 15 is 0 Å². The SMILES string of the molecule is CCOC(=O)C(C)c1cccc([N+](=O)[O-])c1N. The Kier molecular flexibility index (Phi) is 4.03. The van der Waals surface area contributed by atoms with Crippen molar-refractivity contribution in [2.24, 2.45) is 0 Å². The van der Waals surface area contributed by atoms with E-state index in [0.29, 0.717) is 5.56 Å². The van der Waals surface area contributed by atoms with Crippen molar-refractivity contribution in [3.05, 3.63) is 33.9 Å². The first kappa shape index (κ1) is 13.0. The van der Waals surface area contributed by atoms with E-state index in [2.05, 4.69) is 0 Å². The van der Waals surface area contributed by atoms with Crippen molar-refractivity contribution >= 4 is 17.3 Å². The minimum atomic E-state index is -0.616. The van der Waals surface area contributed by atoms with Crippen molar-refractivity contribution in [2.45, 2.75) is 19.8 Å². The van der Waals surface area contributed by atoms with E-state index in [1.807, 2.05) is 0 Å². The lowest BCUT2D eigenvalue weighted by Gasteiger charge is -2.12. The Morgan fingerprint density at radius 2 is 2.24 bits per heavy atom. The molecule has 0 fully saturated rings. The van der Waals surface area contributed by atoms with Gasteiger partial charge in [-0.15, -0.1) is 0 Å². The zero-order chi connectivity index (χ0) is 13.0. The van der Waals surface area contributed by atoms with Crippen LogP contribution in [0.25, 0.3) is 0 Å². The molecule has 6 nitrogen and oxygen atoms in total. The fourth-order valence-electron chi connectivity index (χ4n) is 1.50. The Labute approximate surface area is 98.5 Å². The Morgan fingerprint density at radius 1 is 1.59 bits per heavy atom. The van der Waals surface area contributed by atoms with E-state index in [4.69, 9.17) is 10.5 Å². The molecule has 0 saturated heterocycles. The summed E-state index contributed by atoms with van der Waals surface area (Å²) >= 11 is 0. The Morgan fingerprint density at radius 3 is 2.76 bits per heavy atom. The van der Waals surface area contributed by atoms with Gasteiger partial charge >= 0.3 is 5.97 Å². The number of nitro groups is 1. The molecule has 0 aromatic heterocycles. The van der Waals surface area contributed by atoms with Crippen LogP contribution >= 0.6 is 0 Å². The lowest BCUT2D eigenvalue weighted by molar-refractivity contribution is -0.383. The number of nitrogens with two attached hydrogens (primary N) is 1. The predicted molar refractivity (Wildman–Crippen MR) is 62.6 cm³/mol. The van der Waals surface area contributed by atoms with Gasteiger partial charge in [0.2, 0.25) is 0 Å². The van der Waals surface area contributed by atoms with Gasteiger partial charge in [-0.25, -0.2) is 0 Å². The second-order valence-corrected chi connectivity index (χ2v) is 3.51. The van der Waals surface area contributed by atoms with Crippen molar-refractivity contribution in [3.8, 4) is 0 Å². The molecule has 0 saturated carbocycles. The zero-order valence-corrected chi connectivity index (χ0v) is 9.67. The highest BCUT2D eigenvalue weighted by atomic mass is 16.6. The topological polar surface area (TPSA) is 95.5 Å². The minimum absolute atomic E-state index is 0.0121. The van der Waals surface area contributed by atoms with Crippen LogP contribution in [0.5, 0.6) is 0 Å². The van der Waals surface area contributed by atoms with E-state index in [0.717, 1.165) is 0 Å². The number of carbonyl (C=O) groups is 1. The first-order chi connectivity index (χ1) is 7.99. The van der Waals surface area contributed by atoms with Gasteiger partial charge in [-0.2, -0.15) is 0 Å². The summed E-state index contributed by atoms with van der Waals surface area (Å²) in [7, 11) is 0. The van der Waals surface area contributed by atoms with Gasteiger partial charge in [0, 0.05) is 6.07 Å². The summed E-state index contributed by atoms with van der Waals surface area (Å²) in [5, 5.41) is 10.7. The molecule has 92 valence electrons. The molecule has 2 N–H and O–H groups in total.